The van der Waals surface area contributed by atoms with Crippen LogP contribution in [0.1, 0.15) is 47.5 Å². The summed E-state index contributed by atoms with van der Waals surface area (Å²) in [5.74, 6) is 1.18. The first-order valence-electron chi connectivity index (χ1n) is 7.41. The Morgan fingerprint density at radius 2 is 2.05 bits per heavy atom. The summed E-state index contributed by atoms with van der Waals surface area (Å²) < 4.78 is 0. The number of carbonyl (C=O) groups is 1. The third-order valence-corrected chi connectivity index (χ3v) is 6.94. The number of fused-ring (bicyclic) bond motifs is 2. The number of aliphatic imine (C=N–C) groups is 1. The van der Waals surface area contributed by atoms with Crippen molar-refractivity contribution in [3.63, 3.8) is 0 Å². The van der Waals surface area contributed by atoms with Crippen molar-refractivity contribution in [3.05, 3.63) is 0 Å². The van der Waals surface area contributed by atoms with Crippen LogP contribution in [-0.4, -0.2) is 33.3 Å². The molecule has 0 spiro atoms. The van der Waals surface area contributed by atoms with Gasteiger partial charge in [0, 0.05) is 12.1 Å². The minimum absolute atomic E-state index is 0.0319. The first-order valence-corrected chi connectivity index (χ1v) is 8.29. The number of hydrogen-bond donors (Lipinski definition) is 0. The SMILES string of the molecule is CC(C)C1SC(N2[C@H](C)[C@@H]3CC[C@H]2C3(C)C)=NC1=O. The van der Waals surface area contributed by atoms with Crippen LogP contribution in [0.4, 0.5) is 0 Å². The summed E-state index contributed by atoms with van der Waals surface area (Å²) in [7, 11) is 0. The Bertz CT molecular complexity index is 443. The van der Waals surface area contributed by atoms with Crippen LogP contribution in [0.3, 0.4) is 0 Å². The standard InChI is InChI=1S/C15H24N2OS/c1-8(2)12-13(18)16-14(19-12)17-9(3)10-6-7-11(17)15(10,4)5/h8-12H,6-7H2,1-5H3/t9-,10+,11+,12?/m1/s1. The largest absolute Gasteiger partial charge is 0.345 e. The molecule has 106 valence electrons. The molecule has 3 nitrogen and oxygen atoms in total. The molecule has 0 radical (unpaired) electrons. The van der Waals surface area contributed by atoms with Crippen LogP contribution < -0.4 is 0 Å². The fourth-order valence-corrected chi connectivity index (χ4v) is 5.57. The van der Waals surface area contributed by atoms with Crippen LogP contribution >= 0.6 is 11.8 Å². The molecular weight excluding hydrogens is 256 g/mol. The zero-order chi connectivity index (χ0) is 13.9. The molecule has 4 atom stereocenters. The van der Waals surface area contributed by atoms with Crippen molar-refractivity contribution in [1.29, 1.82) is 0 Å². The molecule has 1 aliphatic carbocycles. The van der Waals surface area contributed by atoms with Crippen molar-refractivity contribution in [1.82, 2.24) is 4.90 Å². The van der Waals surface area contributed by atoms with Gasteiger partial charge in [-0.15, -0.1) is 0 Å². The summed E-state index contributed by atoms with van der Waals surface area (Å²) in [6, 6.07) is 1.09. The van der Waals surface area contributed by atoms with E-state index < -0.39 is 0 Å². The summed E-state index contributed by atoms with van der Waals surface area (Å²) >= 11 is 1.69. The zero-order valence-corrected chi connectivity index (χ0v) is 13.3. The van der Waals surface area contributed by atoms with Gasteiger partial charge in [-0.05, 0) is 37.0 Å². The minimum atomic E-state index is 0.0319. The third-order valence-electron chi connectivity index (χ3n) is 5.43. The molecule has 2 fully saturated rings. The van der Waals surface area contributed by atoms with Gasteiger partial charge in [0.1, 0.15) is 0 Å². The van der Waals surface area contributed by atoms with E-state index >= 15 is 0 Å². The number of piperidine rings is 1. The van der Waals surface area contributed by atoms with Gasteiger partial charge in [0.15, 0.2) is 5.17 Å². The van der Waals surface area contributed by atoms with Crippen molar-refractivity contribution in [2.75, 3.05) is 0 Å². The van der Waals surface area contributed by atoms with E-state index in [2.05, 4.69) is 44.5 Å². The number of hydrogen-bond acceptors (Lipinski definition) is 3. The number of likely N-dealkylation sites (tertiary alicyclic amines) is 1. The topological polar surface area (TPSA) is 32.7 Å². The molecule has 2 bridgehead atoms. The first-order chi connectivity index (χ1) is 8.84. The van der Waals surface area contributed by atoms with Crippen LogP contribution in [-0.2, 0) is 4.79 Å². The average molecular weight is 280 g/mol. The van der Waals surface area contributed by atoms with E-state index in [1.165, 1.54) is 12.8 Å². The van der Waals surface area contributed by atoms with E-state index in [9.17, 15) is 4.79 Å². The van der Waals surface area contributed by atoms with Crippen molar-refractivity contribution in [3.8, 4) is 0 Å². The molecule has 3 rings (SSSR count). The normalized spacial score (nSPS) is 40.4. The predicted molar refractivity (Wildman–Crippen MR) is 80.3 cm³/mol. The lowest BCUT2D eigenvalue weighted by atomic mass is 9.80. The van der Waals surface area contributed by atoms with Gasteiger partial charge in [-0.3, -0.25) is 4.79 Å². The second kappa shape index (κ2) is 4.24. The number of thioether (sulfide) groups is 1. The van der Waals surface area contributed by atoms with E-state index in [0.29, 0.717) is 23.4 Å². The van der Waals surface area contributed by atoms with Crippen LogP contribution in [0.2, 0.25) is 0 Å². The molecule has 1 unspecified atom stereocenters. The Hall–Kier alpha value is -0.510. The monoisotopic (exact) mass is 280 g/mol. The van der Waals surface area contributed by atoms with E-state index in [0.717, 1.165) is 11.1 Å². The maximum Gasteiger partial charge on any atom is 0.261 e. The molecule has 2 aliphatic heterocycles. The van der Waals surface area contributed by atoms with Gasteiger partial charge in [-0.1, -0.05) is 39.5 Å². The lowest BCUT2D eigenvalue weighted by Gasteiger charge is -2.34. The molecule has 0 N–H and O–H groups in total. The molecule has 1 saturated heterocycles. The van der Waals surface area contributed by atoms with Gasteiger partial charge >= 0.3 is 0 Å². The Labute approximate surface area is 120 Å². The summed E-state index contributed by atoms with van der Waals surface area (Å²) in [6.45, 7) is 11.3. The van der Waals surface area contributed by atoms with Gasteiger partial charge in [0.2, 0.25) is 0 Å². The van der Waals surface area contributed by atoms with E-state index in [4.69, 9.17) is 0 Å². The average Bonchev–Trinajstić information content (AvgIpc) is 2.87. The molecule has 1 saturated carbocycles. The van der Waals surface area contributed by atoms with E-state index in [1.807, 2.05) is 0 Å². The van der Waals surface area contributed by atoms with Crippen molar-refractivity contribution in [2.45, 2.75) is 64.8 Å². The van der Waals surface area contributed by atoms with Gasteiger partial charge in [-0.25, -0.2) is 0 Å². The molecule has 19 heavy (non-hydrogen) atoms. The predicted octanol–water partition coefficient (Wildman–Crippen LogP) is 3.15. The van der Waals surface area contributed by atoms with Crippen LogP contribution in [0.25, 0.3) is 0 Å². The molecule has 1 amide bonds. The molecule has 4 heteroatoms. The highest BCUT2D eigenvalue weighted by molar-refractivity contribution is 8.15. The summed E-state index contributed by atoms with van der Waals surface area (Å²) in [5.41, 5.74) is 0.363. The van der Waals surface area contributed by atoms with E-state index in [-0.39, 0.29) is 11.2 Å². The highest BCUT2D eigenvalue weighted by atomic mass is 32.2. The highest BCUT2D eigenvalue weighted by Crippen LogP contribution is 2.56. The Kier molecular flexibility index (Phi) is 3.01. The lowest BCUT2D eigenvalue weighted by Crippen LogP contribution is -2.42. The van der Waals surface area contributed by atoms with Crippen molar-refractivity contribution < 1.29 is 4.79 Å². The van der Waals surface area contributed by atoms with Crippen LogP contribution in [0.5, 0.6) is 0 Å². The minimum Gasteiger partial charge on any atom is -0.345 e. The number of amides is 1. The fraction of sp³-hybridized carbons (Fsp3) is 0.867. The zero-order valence-electron chi connectivity index (χ0n) is 12.5. The lowest BCUT2D eigenvalue weighted by molar-refractivity contribution is -0.117. The van der Waals surface area contributed by atoms with Crippen molar-refractivity contribution >= 4 is 22.8 Å². The summed E-state index contributed by atoms with van der Waals surface area (Å²) in [4.78, 5) is 18.9. The van der Waals surface area contributed by atoms with Gasteiger partial charge in [0.05, 0.1) is 5.25 Å². The van der Waals surface area contributed by atoms with Gasteiger partial charge in [-0.2, -0.15) is 4.99 Å². The second-order valence-corrected chi connectivity index (χ2v) is 8.29. The Morgan fingerprint density at radius 1 is 1.37 bits per heavy atom. The molecule has 2 heterocycles. The highest BCUT2D eigenvalue weighted by Gasteiger charge is 2.58. The summed E-state index contributed by atoms with van der Waals surface area (Å²) in [6.07, 6.45) is 2.58. The molecular formula is C15H24N2OS. The molecule has 0 aromatic heterocycles. The Balaban J connectivity index is 1.86. The molecule has 3 aliphatic rings. The van der Waals surface area contributed by atoms with Crippen molar-refractivity contribution in [2.24, 2.45) is 22.2 Å². The smallest absolute Gasteiger partial charge is 0.261 e. The maximum absolute atomic E-state index is 12.0. The number of nitrogens with zero attached hydrogens (tertiary/aromatic N) is 2. The fourth-order valence-electron chi connectivity index (χ4n) is 4.36. The quantitative estimate of drug-likeness (QED) is 0.739. The summed E-state index contributed by atoms with van der Waals surface area (Å²) in [5, 5.41) is 1.03. The van der Waals surface area contributed by atoms with Crippen LogP contribution in [0, 0.1) is 17.3 Å². The number of carbonyl (C=O) groups excluding carboxylic acids is 1. The number of amidine groups is 1. The van der Waals surface area contributed by atoms with Gasteiger partial charge in [0.25, 0.3) is 5.91 Å². The number of rotatable bonds is 1. The molecule has 0 aromatic carbocycles. The van der Waals surface area contributed by atoms with E-state index in [1.54, 1.807) is 11.8 Å². The first kappa shape index (κ1) is 13.5. The second-order valence-electron chi connectivity index (χ2n) is 7.18. The maximum atomic E-state index is 12.0. The Morgan fingerprint density at radius 3 is 2.53 bits per heavy atom. The molecule has 0 aromatic rings. The third kappa shape index (κ3) is 1.78. The van der Waals surface area contributed by atoms with Gasteiger partial charge < -0.3 is 4.90 Å². The van der Waals surface area contributed by atoms with Crippen LogP contribution in [0.15, 0.2) is 4.99 Å².